The molecule has 0 radical (unpaired) electrons. The predicted octanol–water partition coefficient (Wildman–Crippen LogP) is 2.38. The van der Waals surface area contributed by atoms with Gasteiger partial charge in [0.2, 0.25) is 21.9 Å². The molecule has 2 aliphatic rings. The minimum absolute atomic E-state index is 0.237. The van der Waals surface area contributed by atoms with Gasteiger partial charge in [-0.3, -0.25) is 9.48 Å². The third-order valence-corrected chi connectivity index (χ3v) is 9.21. The summed E-state index contributed by atoms with van der Waals surface area (Å²) >= 11 is 0. The number of piperidine rings is 1. The van der Waals surface area contributed by atoms with Crippen molar-refractivity contribution in [1.29, 1.82) is 5.26 Å². The standard InChI is InChI=1S/C24H26N8O3S/c25-11-8-24(9-13-31(14-10-24)36(34,35)20-5-6-20)32-16-18(15-28-32)21-7-12-27-23(30-21)29-19-3-1-17(2-4-19)22(26)33/h1-4,7,12,15-16,20H,5-6,8-10,13-14H2,(H2,26,33)(H,27,29,30). The van der Waals surface area contributed by atoms with Crippen molar-refractivity contribution in [3.8, 4) is 17.3 Å². The Bertz CT molecular complexity index is 1420. The van der Waals surface area contributed by atoms with E-state index >= 15 is 0 Å². The molecule has 0 spiro atoms. The number of rotatable bonds is 8. The van der Waals surface area contributed by atoms with Gasteiger partial charge in [0, 0.05) is 42.3 Å². The predicted molar refractivity (Wildman–Crippen MR) is 132 cm³/mol. The summed E-state index contributed by atoms with van der Waals surface area (Å²) in [5, 5.41) is 17.0. The van der Waals surface area contributed by atoms with Gasteiger partial charge in [-0.25, -0.2) is 22.7 Å². The van der Waals surface area contributed by atoms with Crippen molar-refractivity contribution in [2.24, 2.45) is 5.73 Å². The van der Waals surface area contributed by atoms with E-state index in [4.69, 9.17) is 5.73 Å². The molecule has 1 aromatic carbocycles. The number of benzene rings is 1. The Morgan fingerprint density at radius 1 is 1.19 bits per heavy atom. The molecule has 5 rings (SSSR count). The Kier molecular flexibility index (Phi) is 6.19. The van der Waals surface area contributed by atoms with Gasteiger partial charge in [0.05, 0.1) is 35.2 Å². The van der Waals surface area contributed by atoms with Gasteiger partial charge >= 0.3 is 0 Å². The van der Waals surface area contributed by atoms with E-state index in [1.165, 1.54) is 0 Å². The van der Waals surface area contributed by atoms with Crippen LogP contribution in [0.3, 0.4) is 0 Å². The zero-order chi connectivity index (χ0) is 25.3. The lowest BCUT2D eigenvalue weighted by atomic mass is 9.85. The highest BCUT2D eigenvalue weighted by Crippen LogP contribution is 2.38. The zero-order valence-electron chi connectivity index (χ0n) is 19.5. The van der Waals surface area contributed by atoms with Gasteiger partial charge in [-0.2, -0.15) is 10.4 Å². The molecule has 0 atom stereocenters. The molecule has 1 amide bonds. The van der Waals surface area contributed by atoms with Crippen LogP contribution in [0.4, 0.5) is 11.6 Å². The highest BCUT2D eigenvalue weighted by atomic mass is 32.2. The van der Waals surface area contributed by atoms with E-state index in [1.807, 2.05) is 6.20 Å². The molecule has 0 bridgehead atoms. The Morgan fingerprint density at radius 3 is 2.56 bits per heavy atom. The highest BCUT2D eigenvalue weighted by Gasteiger charge is 2.45. The highest BCUT2D eigenvalue weighted by molar-refractivity contribution is 7.90. The van der Waals surface area contributed by atoms with E-state index in [1.54, 1.807) is 51.7 Å². The Morgan fingerprint density at radius 2 is 1.92 bits per heavy atom. The van der Waals surface area contributed by atoms with E-state index in [0.29, 0.717) is 48.8 Å². The van der Waals surface area contributed by atoms with Crippen molar-refractivity contribution in [2.45, 2.75) is 42.9 Å². The number of aromatic nitrogens is 4. The molecular weight excluding hydrogens is 480 g/mol. The number of sulfonamides is 1. The monoisotopic (exact) mass is 506 g/mol. The lowest BCUT2D eigenvalue weighted by Gasteiger charge is -2.40. The summed E-state index contributed by atoms with van der Waals surface area (Å²) in [7, 11) is -3.24. The van der Waals surface area contributed by atoms with Crippen molar-refractivity contribution >= 4 is 27.6 Å². The molecule has 3 N–H and O–H groups in total. The third-order valence-electron chi connectivity index (χ3n) is 6.81. The molecule has 0 unspecified atom stereocenters. The molecule has 3 aromatic rings. The van der Waals surface area contributed by atoms with Crippen molar-refractivity contribution in [1.82, 2.24) is 24.1 Å². The summed E-state index contributed by atoms with van der Waals surface area (Å²) in [4.78, 5) is 20.1. The summed E-state index contributed by atoms with van der Waals surface area (Å²) in [6.07, 6.45) is 7.93. The number of primary amides is 1. The summed E-state index contributed by atoms with van der Waals surface area (Å²) in [5.41, 5.74) is 7.23. The van der Waals surface area contributed by atoms with Gasteiger partial charge in [-0.15, -0.1) is 0 Å². The van der Waals surface area contributed by atoms with Crippen molar-refractivity contribution < 1.29 is 13.2 Å². The van der Waals surface area contributed by atoms with Gasteiger partial charge in [-0.05, 0) is 56.0 Å². The molecule has 1 aliphatic heterocycles. The summed E-state index contributed by atoms with van der Waals surface area (Å²) in [5.74, 6) is -0.126. The molecule has 11 nitrogen and oxygen atoms in total. The Balaban J connectivity index is 1.33. The summed E-state index contributed by atoms with van der Waals surface area (Å²) in [6.45, 7) is 0.762. The molecule has 3 heterocycles. The fourth-order valence-electron chi connectivity index (χ4n) is 4.51. The second-order valence-corrected chi connectivity index (χ2v) is 11.4. The second-order valence-electron chi connectivity index (χ2n) is 9.21. The van der Waals surface area contributed by atoms with Crippen LogP contribution in [0.5, 0.6) is 0 Å². The van der Waals surface area contributed by atoms with Crippen LogP contribution in [0, 0.1) is 11.3 Å². The van der Waals surface area contributed by atoms with Gasteiger partial charge < -0.3 is 11.1 Å². The van der Waals surface area contributed by atoms with Crippen LogP contribution in [0.2, 0.25) is 0 Å². The largest absolute Gasteiger partial charge is 0.366 e. The Hall–Kier alpha value is -3.82. The van der Waals surface area contributed by atoms with E-state index in [2.05, 4.69) is 26.5 Å². The average Bonchev–Trinajstić information content (AvgIpc) is 3.62. The molecular formula is C24H26N8O3S. The molecule has 186 valence electrons. The van der Waals surface area contributed by atoms with Crippen molar-refractivity contribution in [3.05, 3.63) is 54.5 Å². The quantitative estimate of drug-likeness (QED) is 0.471. The zero-order valence-corrected chi connectivity index (χ0v) is 20.4. The van der Waals surface area contributed by atoms with Crippen LogP contribution in [-0.4, -0.2) is 56.7 Å². The molecule has 12 heteroatoms. The second kappa shape index (κ2) is 9.33. The number of nitrogens with two attached hydrogens (primary N) is 1. The number of carbonyl (C=O) groups excluding carboxylic acids is 1. The van der Waals surface area contributed by atoms with Crippen LogP contribution in [0.15, 0.2) is 48.9 Å². The normalized spacial score (nSPS) is 17.9. The maximum atomic E-state index is 12.6. The average molecular weight is 507 g/mol. The van der Waals surface area contributed by atoms with Crippen LogP contribution in [-0.2, 0) is 15.6 Å². The number of nitrogens with zero attached hydrogens (tertiary/aromatic N) is 6. The first-order valence-electron chi connectivity index (χ1n) is 11.7. The molecule has 1 aliphatic carbocycles. The number of carbonyl (C=O) groups is 1. The van der Waals surface area contributed by atoms with Crippen LogP contribution < -0.4 is 11.1 Å². The lowest BCUT2D eigenvalue weighted by Crippen LogP contribution is -2.48. The fourth-order valence-corrected chi connectivity index (χ4v) is 6.35. The number of hydrogen-bond donors (Lipinski definition) is 2. The first-order chi connectivity index (χ1) is 17.3. The van der Waals surface area contributed by atoms with Crippen molar-refractivity contribution in [2.75, 3.05) is 18.4 Å². The molecule has 1 saturated carbocycles. The van der Waals surface area contributed by atoms with E-state index in [0.717, 1.165) is 18.4 Å². The van der Waals surface area contributed by atoms with Gasteiger partial charge in [0.1, 0.15) is 0 Å². The first kappa shape index (κ1) is 23.9. The Labute approximate surface area is 209 Å². The topological polar surface area (TPSA) is 160 Å². The number of hydrogen-bond acceptors (Lipinski definition) is 8. The maximum absolute atomic E-state index is 12.6. The molecule has 36 heavy (non-hydrogen) atoms. The van der Waals surface area contributed by atoms with Crippen molar-refractivity contribution in [3.63, 3.8) is 0 Å². The first-order valence-corrected chi connectivity index (χ1v) is 13.2. The van der Waals surface area contributed by atoms with Crippen LogP contribution in [0.25, 0.3) is 11.3 Å². The molecule has 2 aromatic heterocycles. The van der Waals surface area contributed by atoms with Crippen LogP contribution >= 0.6 is 0 Å². The fraction of sp³-hybridized carbons (Fsp3) is 0.375. The smallest absolute Gasteiger partial charge is 0.248 e. The summed E-state index contributed by atoms with van der Waals surface area (Å²) < 4.78 is 28.7. The van der Waals surface area contributed by atoms with E-state index in [-0.39, 0.29) is 11.7 Å². The number of nitriles is 1. The lowest BCUT2D eigenvalue weighted by molar-refractivity contribution is 0.1000. The number of amides is 1. The van der Waals surface area contributed by atoms with Gasteiger partial charge in [0.15, 0.2) is 0 Å². The molecule has 1 saturated heterocycles. The van der Waals surface area contributed by atoms with E-state index in [9.17, 15) is 18.5 Å². The third kappa shape index (κ3) is 4.67. The van der Waals surface area contributed by atoms with Gasteiger partial charge in [0.25, 0.3) is 0 Å². The molecule has 2 fully saturated rings. The minimum atomic E-state index is -3.24. The van der Waals surface area contributed by atoms with Gasteiger partial charge in [-0.1, -0.05) is 0 Å². The number of nitrogens with one attached hydrogen (secondary N) is 1. The van der Waals surface area contributed by atoms with E-state index < -0.39 is 21.5 Å². The SMILES string of the molecule is N#CCC1(n2cc(-c3ccnc(Nc4ccc(C(N)=O)cc4)n3)cn2)CCN(S(=O)(=O)C2CC2)CC1. The minimum Gasteiger partial charge on any atom is -0.366 e. The number of anilines is 2. The summed E-state index contributed by atoms with van der Waals surface area (Å²) in [6, 6.07) is 10.7. The van der Waals surface area contributed by atoms with Crippen LogP contribution in [0.1, 0.15) is 42.5 Å². The maximum Gasteiger partial charge on any atom is 0.248 e.